The number of hydrogen-bond donors (Lipinski definition) is 2. The van der Waals surface area contributed by atoms with E-state index in [2.05, 4.69) is 10.6 Å². The van der Waals surface area contributed by atoms with Crippen LogP contribution in [0.1, 0.15) is 46.4 Å². The van der Waals surface area contributed by atoms with Gasteiger partial charge >= 0.3 is 0 Å². The van der Waals surface area contributed by atoms with Crippen LogP contribution in [-0.2, 0) is 4.79 Å². The van der Waals surface area contributed by atoms with Crippen molar-refractivity contribution in [2.24, 2.45) is 5.92 Å². The third-order valence-corrected chi connectivity index (χ3v) is 4.65. The summed E-state index contributed by atoms with van der Waals surface area (Å²) in [5, 5.41) is 6.18. The lowest BCUT2D eigenvalue weighted by atomic mass is 9.99. The SMILES string of the molecule is O=C(NCCCCN1C(=O)c2ccccc2C1=O)C1CCCNC1. The van der Waals surface area contributed by atoms with Gasteiger partial charge < -0.3 is 10.6 Å². The average molecular weight is 329 g/mol. The second-order valence-electron chi connectivity index (χ2n) is 6.35. The molecule has 2 aliphatic rings. The van der Waals surface area contributed by atoms with Gasteiger partial charge in [0.1, 0.15) is 0 Å². The maximum Gasteiger partial charge on any atom is 0.261 e. The van der Waals surface area contributed by atoms with Crippen molar-refractivity contribution in [3.8, 4) is 0 Å². The van der Waals surface area contributed by atoms with E-state index in [-0.39, 0.29) is 23.6 Å². The van der Waals surface area contributed by atoms with E-state index in [9.17, 15) is 14.4 Å². The third kappa shape index (κ3) is 3.48. The molecule has 2 N–H and O–H groups in total. The highest BCUT2D eigenvalue weighted by Gasteiger charge is 2.34. The Labute approximate surface area is 141 Å². The monoisotopic (exact) mass is 329 g/mol. The van der Waals surface area contributed by atoms with Crippen LogP contribution in [0.15, 0.2) is 24.3 Å². The number of fused-ring (bicyclic) bond motifs is 1. The highest BCUT2D eigenvalue weighted by Crippen LogP contribution is 2.22. The van der Waals surface area contributed by atoms with Gasteiger partial charge in [-0.05, 0) is 44.4 Å². The minimum Gasteiger partial charge on any atom is -0.356 e. The maximum absolute atomic E-state index is 12.2. The van der Waals surface area contributed by atoms with Crippen LogP contribution in [0.2, 0.25) is 0 Å². The van der Waals surface area contributed by atoms with Crippen LogP contribution in [0.5, 0.6) is 0 Å². The number of amides is 3. The summed E-state index contributed by atoms with van der Waals surface area (Å²) in [5.41, 5.74) is 0.973. The number of unbranched alkanes of at least 4 members (excludes halogenated alkanes) is 1. The number of carbonyl (C=O) groups is 3. The van der Waals surface area contributed by atoms with Gasteiger partial charge in [-0.1, -0.05) is 12.1 Å². The third-order valence-electron chi connectivity index (χ3n) is 4.65. The number of hydrogen-bond acceptors (Lipinski definition) is 4. The lowest BCUT2D eigenvalue weighted by molar-refractivity contribution is -0.125. The van der Waals surface area contributed by atoms with Crippen molar-refractivity contribution in [2.45, 2.75) is 25.7 Å². The maximum atomic E-state index is 12.2. The number of carbonyl (C=O) groups excluding carboxylic acids is 3. The van der Waals surface area contributed by atoms with Crippen molar-refractivity contribution < 1.29 is 14.4 Å². The summed E-state index contributed by atoms with van der Waals surface area (Å²) in [7, 11) is 0. The van der Waals surface area contributed by atoms with Gasteiger partial charge in [0.25, 0.3) is 11.8 Å². The normalized spacial score (nSPS) is 20.2. The summed E-state index contributed by atoms with van der Waals surface area (Å²) in [6, 6.07) is 6.91. The van der Waals surface area contributed by atoms with Gasteiger partial charge in [0.15, 0.2) is 0 Å². The summed E-state index contributed by atoms with van der Waals surface area (Å²) in [6.07, 6.45) is 3.42. The fourth-order valence-electron chi connectivity index (χ4n) is 3.27. The van der Waals surface area contributed by atoms with E-state index in [0.29, 0.717) is 30.6 Å². The fourth-order valence-corrected chi connectivity index (χ4v) is 3.27. The fraction of sp³-hybridized carbons (Fsp3) is 0.500. The molecule has 1 aromatic carbocycles. The predicted octanol–water partition coefficient (Wildman–Crippen LogP) is 1.18. The number of rotatable bonds is 6. The Bertz CT molecular complexity index is 603. The van der Waals surface area contributed by atoms with Crippen molar-refractivity contribution in [3.63, 3.8) is 0 Å². The lowest BCUT2D eigenvalue weighted by Gasteiger charge is -2.22. The zero-order valence-electron chi connectivity index (χ0n) is 13.7. The summed E-state index contributed by atoms with van der Waals surface area (Å²) >= 11 is 0. The van der Waals surface area contributed by atoms with Gasteiger partial charge in [-0.2, -0.15) is 0 Å². The first-order chi connectivity index (χ1) is 11.7. The molecular weight excluding hydrogens is 306 g/mol. The summed E-state index contributed by atoms with van der Waals surface area (Å²) in [6.45, 7) is 2.72. The first-order valence-electron chi connectivity index (χ1n) is 8.62. The Morgan fingerprint density at radius 1 is 1.17 bits per heavy atom. The first-order valence-corrected chi connectivity index (χ1v) is 8.62. The van der Waals surface area contributed by atoms with Crippen LogP contribution >= 0.6 is 0 Å². The average Bonchev–Trinajstić information content (AvgIpc) is 2.87. The van der Waals surface area contributed by atoms with E-state index in [0.717, 1.165) is 32.4 Å². The Kier molecular flexibility index (Phi) is 5.25. The molecule has 6 nitrogen and oxygen atoms in total. The number of nitrogens with zero attached hydrogens (tertiary/aromatic N) is 1. The highest BCUT2D eigenvalue weighted by molar-refractivity contribution is 6.21. The summed E-state index contributed by atoms with van der Waals surface area (Å²) in [5.74, 6) is -0.265. The number of nitrogens with one attached hydrogen (secondary N) is 2. The molecule has 24 heavy (non-hydrogen) atoms. The largest absolute Gasteiger partial charge is 0.356 e. The molecule has 1 unspecified atom stereocenters. The molecule has 3 amide bonds. The Morgan fingerprint density at radius 2 is 1.88 bits per heavy atom. The molecule has 0 spiro atoms. The van der Waals surface area contributed by atoms with Crippen molar-refractivity contribution in [1.82, 2.24) is 15.5 Å². The molecule has 2 aliphatic heterocycles. The van der Waals surface area contributed by atoms with E-state index in [1.54, 1.807) is 24.3 Å². The topological polar surface area (TPSA) is 78.5 Å². The molecule has 0 saturated carbocycles. The second kappa shape index (κ2) is 7.57. The van der Waals surface area contributed by atoms with Gasteiger partial charge in [-0.25, -0.2) is 0 Å². The first kappa shape index (κ1) is 16.6. The zero-order chi connectivity index (χ0) is 16.9. The molecular formula is C18H23N3O3. The van der Waals surface area contributed by atoms with Crippen LogP contribution in [0.4, 0.5) is 0 Å². The van der Waals surface area contributed by atoms with Crippen LogP contribution in [0.25, 0.3) is 0 Å². The van der Waals surface area contributed by atoms with Crippen LogP contribution in [0.3, 0.4) is 0 Å². The minimum absolute atomic E-state index is 0.0648. The summed E-state index contributed by atoms with van der Waals surface area (Å²) in [4.78, 5) is 37.7. The molecule has 3 rings (SSSR count). The number of imide groups is 1. The van der Waals surface area contributed by atoms with Gasteiger partial charge in [0.2, 0.25) is 5.91 Å². The standard InChI is InChI=1S/C18H23N3O3/c22-16(13-6-5-9-19-12-13)20-10-3-4-11-21-17(23)14-7-1-2-8-15(14)18(21)24/h1-2,7-8,13,19H,3-6,9-12H2,(H,20,22). The summed E-state index contributed by atoms with van der Waals surface area (Å²) < 4.78 is 0. The quantitative estimate of drug-likeness (QED) is 0.607. The van der Waals surface area contributed by atoms with Crippen LogP contribution in [-0.4, -0.2) is 48.8 Å². The molecule has 6 heteroatoms. The van der Waals surface area contributed by atoms with E-state index in [4.69, 9.17) is 0 Å². The van der Waals surface area contributed by atoms with Crippen molar-refractivity contribution in [2.75, 3.05) is 26.2 Å². The smallest absolute Gasteiger partial charge is 0.261 e. The molecule has 0 aliphatic carbocycles. The van der Waals surface area contributed by atoms with E-state index in [1.165, 1.54) is 4.90 Å². The Morgan fingerprint density at radius 3 is 2.50 bits per heavy atom. The lowest BCUT2D eigenvalue weighted by Crippen LogP contribution is -2.40. The second-order valence-corrected chi connectivity index (χ2v) is 6.35. The zero-order valence-corrected chi connectivity index (χ0v) is 13.7. The van der Waals surface area contributed by atoms with E-state index < -0.39 is 0 Å². The van der Waals surface area contributed by atoms with Crippen molar-refractivity contribution >= 4 is 17.7 Å². The molecule has 0 bridgehead atoms. The van der Waals surface area contributed by atoms with Crippen LogP contribution < -0.4 is 10.6 Å². The van der Waals surface area contributed by atoms with Gasteiger partial charge in [0, 0.05) is 19.6 Å². The Hall–Kier alpha value is -2.21. The molecule has 1 saturated heterocycles. The molecule has 2 heterocycles. The van der Waals surface area contributed by atoms with Gasteiger partial charge in [0.05, 0.1) is 17.0 Å². The molecule has 0 aromatic heterocycles. The van der Waals surface area contributed by atoms with E-state index in [1.807, 2.05) is 0 Å². The van der Waals surface area contributed by atoms with Gasteiger partial charge in [-0.3, -0.25) is 19.3 Å². The molecule has 128 valence electrons. The van der Waals surface area contributed by atoms with Gasteiger partial charge in [-0.15, -0.1) is 0 Å². The molecule has 1 atom stereocenters. The number of benzene rings is 1. The number of piperidine rings is 1. The molecule has 0 radical (unpaired) electrons. The minimum atomic E-state index is -0.215. The van der Waals surface area contributed by atoms with Crippen molar-refractivity contribution in [3.05, 3.63) is 35.4 Å². The predicted molar refractivity (Wildman–Crippen MR) is 89.6 cm³/mol. The molecule has 1 aromatic rings. The highest BCUT2D eigenvalue weighted by atomic mass is 16.2. The van der Waals surface area contributed by atoms with Crippen molar-refractivity contribution in [1.29, 1.82) is 0 Å². The van der Waals surface area contributed by atoms with Crippen LogP contribution in [0, 0.1) is 5.92 Å². The molecule has 1 fully saturated rings. The van der Waals surface area contributed by atoms with E-state index >= 15 is 0 Å². The Balaban J connectivity index is 1.39.